The van der Waals surface area contributed by atoms with Crippen LogP contribution in [0.5, 0.6) is 0 Å². The van der Waals surface area contributed by atoms with E-state index in [1.165, 1.54) is 19.3 Å². The summed E-state index contributed by atoms with van der Waals surface area (Å²) in [5, 5.41) is 3.43. The lowest BCUT2D eigenvalue weighted by molar-refractivity contribution is 0.536. The Bertz CT molecular complexity index is 406. The molecule has 1 aromatic heterocycles. The lowest BCUT2D eigenvalue weighted by atomic mass is 10.1. The van der Waals surface area contributed by atoms with Crippen molar-refractivity contribution in [2.24, 2.45) is 11.8 Å². The summed E-state index contributed by atoms with van der Waals surface area (Å²) in [7, 11) is 0. The first-order chi connectivity index (χ1) is 8.08. The van der Waals surface area contributed by atoms with Gasteiger partial charge in [-0.2, -0.15) is 0 Å². The van der Waals surface area contributed by atoms with E-state index in [2.05, 4.69) is 33.2 Å². The zero-order chi connectivity index (χ0) is 12.4. The fraction of sp³-hybridized carbons (Fsp3) is 0.615. The van der Waals surface area contributed by atoms with Crippen molar-refractivity contribution in [1.82, 2.24) is 4.98 Å². The predicted octanol–water partition coefficient (Wildman–Crippen LogP) is 3.58. The van der Waals surface area contributed by atoms with Gasteiger partial charge in [-0.25, -0.2) is 4.98 Å². The van der Waals surface area contributed by atoms with E-state index in [1.807, 2.05) is 6.92 Å². The maximum Gasteiger partial charge on any atom is 0.140 e. The highest BCUT2D eigenvalue weighted by Crippen LogP contribution is 2.32. The molecule has 0 aliphatic heterocycles. The van der Waals surface area contributed by atoms with Crippen molar-refractivity contribution in [1.29, 1.82) is 0 Å². The molecule has 1 fully saturated rings. The third-order valence-electron chi connectivity index (χ3n) is 3.66. The average Bonchev–Trinajstić information content (AvgIpc) is 2.71. The predicted molar refractivity (Wildman–Crippen MR) is 76.1 cm³/mol. The lowest BCUT2D eigenvalue weighted by Crippen LogP contribution is -2.13. The summed E-state index contributed by atoms with van der Waals surface area (Å²) in [4.78, 5) is 4.34. The van der Waals surface area contributed by atoms with E-state index in [9.17, 15) is 0 Å². The van der Waals surface area contributed by atoms with Crippen LogP contribution in [-0.2, 0) is 0 Å². The molecule has 3 N–H and O–H groups in total. The second-order valence-electron chi connectivity index (χ2n) is 5.17. The molecule has 2 atom stereocenters. The summed E-state index contributed by atoms with van der Waals surface area (Å²) in [5.41, 5.74) is 7.60. The standard InChI is InChI=1S/C13H20BrN3/c1-8-3-4-10(5-8)6-16-13-12(14)9(2)11(15)7-17-13/h7-8,10H,3-6,15H2,1-2H3,(H,16,17). The Labute approximate surface area is 111 Å². The summed E-state index contributed by atoms with van der Waals surface area (Å²) in [6, 6.07) is 0. The number of anilines is 2. The molecule has 0 amide bonds. The van der Waals surface area contributed by atoms with E-state index in [1.54, 1.807) is 6.20 Å². The Morgan fingerprint density at radius 3 is 2.94 bits per heavy atom. The fourth-order valence-electron chi connectivity index (χ4n) is 2.47. The number of halogens is 1. The van der Waals surface area contributed by atoms with Crippen LogP contribution in [0.1, 0.15) is 31.7 Å². The molecule has 0 saturated heterocycles. The minimum absolute atomic E-state index is 0.733. The van der Waals surface area contributed by atoms with Crippen molar-refractivity contribution in [2.75, 3.05) is 17.6 Å². The second-order valence-corrected chi connectivity index (χ2v) is 5.96. The van der Waals surface area contributed by atoms with Gasteiger partial charge in [0.2, 0.25) is 0 Å². The van der Waals surface area contributed by atoms with E-state index >= 15 is 0 Å². The van der Waals surface area contributed by atoms with Crippen LogP contribution in [-0.4, -0.2) is 11.5 Å². The number of pyridine rings is 1. The molecule has 0 radical (unpaired) electrons. The molecule has 3 nitrogen and oxygen atoms in total. The zero-order valence-electron chi connectivity index (χ0n) is 10.5. The lowest BCUT2D eigenvalue weighted by Gasteiger charge is -2.14. The molecular formula is C13H20BrN3. The molecule has 4 heteroatoms. The number of nitrogens with zero attached hydrogens (tertiary/aromatic N) is 1. The molecule has 1 heterocycles. The van der Waals surface area contributed by atoms with Crippen LogP contribution in [0.25, 0.3) is 0 Å². The average molecular weight is 298 g/mol. The van der Waals surface area contributed by atoms with Crippen LogP contribution >= 0.6 is 15.9 Å². The van der Waals surface area contributed by atoms with E-state index < -0.39 is 0 Å². The van der Waals surface area contributed by atoms with Gasteiger partial charge < -0.3 is 11.1 Å². The second kappa shape index (κ2) is 5.25. The maximum atomic E-state index is 5.81. The normalized spacial score (nSPS) is 23.9. The highest BCUT2D eigenvalue weighted by Gasteiger charge is 2.21. The molecule has 0 bridgehead atoms. The number of nitrogens with one attached hydrogen (secondary N) is 1. The number of hydrogen-bond acceptors (Lipinski definition) is 3. The molecule has 1 aromatic rings. The number of hydrogen-bond donors (Lipinski definition) is 2. The minimum atomic E-state index is 0.733. The van der Waals surface area contributed by atoms with E-state index in [0.717, 1.165) is 39.9 Å². The van der Waals surface area contributed by atoms with Gasteiger partial charge in [0.05, 0.1) is 16.4 Å². The number of aromatic nitrogens is 1. The molecule has 2 rings (SSSR count). The Morgan fingerprint density at radius 2 is 2.29 bits per heavy atom. The topological polar surface area (TPSA) is 50.9 Å². The van der Waals surface area contributed by atoms with Crippen LogP contribution < -0.4 is 11.1 Å². The number of nitrogen functional groups attached to an aromatic ring is 1. The fourth-order valence-corrected chi connectivity index (χ4v) is 2.94. The molecule has 1 aliphatic carbocycles. The van der Waals surface area contributed by atoms with E-state index in [-0.39, 0.29) is 0 Å². The highest BCUT2D eigenvalue weighted by molar-refractivity contribution is 9.10. The number of rotatable bonds is 3. The quantitative estimate of drug-likeness (QED) is 0.896. The van der Waals surface area contributed by atoms with Crippen LogP contribution in [0.4, 0.5) is 11.5 Å². The smallest absolute Gasteiger partial charge is 0.140 e. The molecule has 0 aromatic carbocycles. The summed E-state index contributed by atoms with van der Waals surface area (Å²) in [6.07, 6.45) is 5.75. The number of nitrogens with two attached hydrogens (primary N) is 1. The van der Waals surface area contributed by atoms with Crippen LogP contribution in [0.2, 0.25) is 0 Å². The summed E-state index contributed by atoms with van der Waals surface area (Å²) in [5.74, 6) is 2.58. The van der Waals surface area contributed by atoms with E-state index in [0.29, 0.717) is 0 Å². The first-order valence-electron chi connectivity index (χ1n) is 6.22. The molecule has 94 valence electrons. The Kier molecular flexibility index (Phi) is 3.92. The van der Waals surface area contributed by atoms with Gasteiger partial charge in [0.1, 0.15) is 5.82 Å². The zero-order valence-corrected chi connectivity index (χ0v) is 12.0. The first kappa shape index (κ1) is 12.7. The van der Waals surface area contributed by atoms with Crippen molar-refractivity contribution < 1.29 is 0 Å². The third-order valence-corrected chi connectivity index (χ3v) is 4.63. The van der Waals surface area contributed by atoms with Crippen molar-refractivity contribution in [3.63, 3.8) is 0 Å². The molecule has 1 aliphatic rings. The van der Waals surface area contributed by atoms with Crippen LogP contribution in [0, 0.1) is 18.8 Å². The monoisotopic (exact) mass is 297 g/mol. The third kappa shape index (κ3) is 2.92. The van der Waals surface area contributed by atoms with Crippen molar-refractivity contribution >= 4 is 27.4 Å². The van der Waals surface area contributed by atoms with Gasteiger partial charge in [-0.15, -0.1) is 0 Å². The van der Waals surface area contributed by atoms with Crippen molar-refractivity contribution in [3.05, 3.63) is 16.2 Å². The largest absolute Gasteiger partial charge is 0.397 e. The van der Waals surface area contributed by atoms with E-state index in [4.69, 9.17) is 5.73 Å². The molecule has 0 spiro atoms. The van der Waals surface area contributed by atoms with Gasteiger partial charge in [0, 0.05) is 6.54 Å². The molecule has 17 heavy (non-hydrogen) atoms. The molecular weight excluding hydrogens is 278 g/mol. The summed E-state index contributed by atoms with van der Waals surface area (Å²) >= 11 is 3.55. The van der Waals surface area contributed by atoms with Gasteiger partial charge in [0.15, 0.2) is 0 Å². The van der Waals surface area contributed by atoms with Gasteiger partial charge in [-0.1, -0.05) is 13.3 Å². The van der Waals surface area contributed by atoms with Crippen molar-refractivity contribution in [3.8, 4) is 0 Å². The van der Waals surface area contributed by atoms with Gasteiger partial charge >= 0.3 is 0 Å². The van der Waals surface area contributed by atoms with Crippen LogP contribution in [0.3, 0.4) is 0 Å². The Balaban J connectivity index is 1.97. The maximum absolute atomic E-state index is 5.81. The van der Waals surface area contributed by atoms with Crippen molar-refractivity contribution in [2.45, 2.75) is 33.1 Å². The van der Waals surface area contributed by atoms with Gasteiger partial charge in [0.25, 0.3) is 0 Å². The van der Waals surface area contributed by atoms with Gasteiger partial charge in [-0.3, -0.25) is 0 Å². The highest BCUT2D eigenvalue weighted by atomic mass is 79.9. The summed E-state index contributed by atoms with van der Waals surface area (Å²) < 4.78 is 0.989. The van der Waals surface area contributed by atoms with Crippen LogP contribution in [0.15, 0.2) is 10.7 Å². The minimum Gasteiger partial charge on any atom is -0.397 e. The SMILES string of the molecule is Cc1c(N)cnc(NCC2CCC(C)C2)c1Br. The summed E-state index contributed by atoms with van der Waals surface area (Å²) in [6.45, 7) is 5.35. The first-order valence-corrected chi connectivity index (χ1v) is 7.01. The molecule has 2 unspecified atom stereocenters. The molecule has 1 saturated carbocycles. The van der Waals surface area contributed by atoms with Gasteiger partial charge in [-0.05, 0) is 53.1 Å². The Morgan fingerprint density at radius 1 is 1.53 bits per heavy atom. The Hall–Kier alpha value is -0.770.